The third-order valence-electron chi connectivity index (χ3n) is 5.20. The fraction of sp³-hybridized carbons (Fsp3) is 0.417. The Morgan fingerprint density at radius 1 is 1.07 bits per heavy atom. The normalized spacial score (nSPS) is 12.5. The first kappa shape index (κ1) is 20.9. The Bertz CT molecular complexity index is 958. The highest BCUT2D eigenvalue weighted by Crippen LogP contribution is 2.29. The molecule has 0 bridgehead atoms. The van der Waals surface area contributed by atoms with E-state index < -0.39 is 0 Å². The number of imidazole rings is 1. The molecule has 0 saturated carbocycles. The summed E-state index contributed by atoms with van der Waals surface area (Å²) in [6, 6.07) is 16.1. The van der Waals surface area contributed by atoms with Crippen LogP contribution in [0.3, 0.4) is 0 Å². The molecule has 5 heteroatoms. The number of aryl methyl sites for hydroxylation is 1. The number of benzene rings is 2. The molecule has 0 spiro atoms. The van der Waals surface area contributed by atoms with Gasteiger partial charge in [-0.3, -0.25) is 4.79 Å². The molecule has 1 aromatic heterocycles. The van der Waals surface area contributed by atoms with E-state index in [1.807, 2.05) is 42.5 Å². The molecule has 2 aromatic carbocycles. The summed E-state index contributed by atoms with van der Waals surface area (Å²) in [5.41, 5.74) is 3.20. The number of hydrogen-bond donors (Lipinski definition) is 1. The highest BCUT2D eigenvalue weighted by atomic mass is 16.5. The Labute approximate surface area is 173 Å². The third-order valence-corrected chi connectivity index (χ3v) is 5.20. The van der Waals surface area contributed by atoms with Crippen molar-refractivity contribution in [3.63, 3.8) is 0 Å². The van der Waals surface area contributed by atoms with Gasteiger partial charge < -0.3 is 14.6 Å². The van der Waals surface area contributed by atoms with Crippen LogP contribution in [0.2, 0.25) is 0 Å². The van der Waals surface area contributed by atoms with Gasteiger partial charge in [-0.2, -0.15) is 0 Å². The van der Waals surface area contributed by atoms with Crippen molar-refractivity contribution >= 4 is 16.9 Å². The number of amides is 1. The lowest BCUT2D eigenvalue weighted by Crippen LogP contribution is -2.34. The van der Waals surface area contributed by atoms with E-state index in [1.54, 1.807) is 7.11 Å². The molecule has 1 atom stereocenters. The van der Waals surface area contributed by atoms with Crippen LogP contribution in [0.4, 0.5) is 0 Å². The molecule has 3 rings (SSSR count). The van der Waals surface area contributed by atoms with E-state index >= 15 is 0 Å². The molecule has 1 unspecified atom stereocenters. The summed E-state index contributed by atoms with van der Waals surface area (Å²) < 4.78 is 7.43. The zero-order valence-corrected chi connectivity index (χ0v) is 18.0. The van der Waals surface area contributed by atoms with Gasteiger partial charge in [0, 0.05) is 12.5 Å². The second-order valence-corrected chi connectivity index (χ2v) is 8.06. The molecule has 0 fully saturated rings. The number of carbonyl (C=O) groups is 1. The number of carbonyl (C=O) groups excluding carboxylic acids is 1. The zero-order valence-electron chi connectivity index (χ0n) is 18.0. The minimum absolute atomic E-state index is 0.0434. The molecule has 0 aliphatic carbocycles. The molecule has 0 saturated heterocycles. The Morgan fingerprint density at radius 3 is 2.38 bits per heavy atom. The second kappa shape index (κ2) is 9.12. The molecule has 0 radical (unpaired) electrons. The molecule has 29 heavy (non-hydrogen) atoms. The van der Waals surface area contributed by atoms with E-state index in [4.69, 9.17) is 9.72 Å². The van der Waals surface area contributed by atoms with Crippen molar-refractivity contribution in [1.29, 1.82) is 0 Å². The number of nitrogens with zero attached hydrogens (tertiary/aromatic N) is 2. The third kappa shape index (κ3) is 4.78. The largest absolute Gasteiger partial charge is 0.497 e. The first-order chi connectivity index (χ1) is 13.9. The van der Waals surface area contributed by atoms with Gasteiger partial charge in [0.05, 0.1) is 24.2 Å². The van der Waals surface area contributed by atoms with Crippen molar-refractivity contribution in [2.24, 2.45) is 5.92 Å². The second-order valence-electron chi connectivity index (χ2n) is 8.06. The number of methoxy groups -OCH3 is 1. The van der Waals surface area contributed by atoms with Gasteiger partial charge in [-0.1, -0.05) is 38.1 Å². The molecule has 0 aliphatic heterocycles. The fourth-order valence-corrected chi connectivity index (χ4v) is 3.65. The first-order valence-corrected chi connectivity index (χ1v) is 10.3. The fourth-order valence-electron chi connectivity index (χ4n) is 3.65. The van der Waals surface area contributed by atoms with Crippen LogP contribution in [-0.2, 0) is 11.2 Å². The zero-order chi connectivity index (χ0) is 21.0. The van der Waals surface area contributed by atoms with Crippen molar-refractivity contribution in [2.45, 2.75) is 52.6 Å². The molecule has 1 N–H and O–H groups in total. The molecule has 1 amide bonds. The maximum Gasteiger partial charge on any atom is 0.220 e. The molecule has 3 aromatic rings. The summed E-state index contributed by atoms with van der Waals surface area (Å²) in [4.78, 5) is 17.6. The first-order valence-electron chi connectivity index (χ1n) is 10.3. The molecular weight excluding hydrogens is 362 g/mol. The lowest BCUT2D eigenvalue weighted by atomic mass is 10.0. The van der Waals surface area contributed by atoms with Crippen molar-refractivity contribution < 1.29 is 9.53 Å². The van der Waals surface area contributed by atoms with E-state index in [1.165, 1.54) is 0 Å². The van der Waals surface area contributed by atoms with Gasteiger partial charge in [0.15, 0.2) is 0 Å². The summed E-state index contributed by atoms with van der Waals surface area (Å²) in [5.74, 6) is 2.02. The topological polar surface area (TPSA) is 56.1 Å². The summed E-state index contributed by atoms with van der Waals surface area (Å²) in [6.07, 6.45) is 1.14. The van der Waals surface area contributed by atoms with Gasteiger partial charge in [0.1, 0.15) is 11.6 Å². The number of para-hydroxylation sites is 2. The van der Waals surface area contributed by atoms with Crippen molar-refractivity contribution in [3.8, 4) is 5.75 Å². The smallest absolute Gasteiger partial charge is 0.220 e. The van der Waals surface area contributed by atoms with Gasteiger partial charge in [0.2, 0.25) is 5.91 Å². The molecule has 5 nitrogen and oxygen atoms in total. The van der Waals surface area contributed by atoms with Gasteiger partial charge >= 0.3 is 0 Å². The lowest BCUT2D eigenvalue weighted by Gasteiger charge is -2.25. The molecule has 0 aliphatic rings. The Balaban J connectivity index is 1.77. The minimum atomic E-state index is -0.131. The number of rotatable bonds is 8. The van der Waals surface area contributed by atoms with E-state index in [0.717, 1.165) is 28.2 Å². The van der Waals surface area contributed by atoms with Gasteiger partial charge in [-0.15, -0.1) is 0 Å². The van der Waals surface area contributed by atoms with Crippen LogP contribution in [0.1, 0.15) is 57.6 Å². The van der Waals surface area contributed by atoms with Crippen molar-refractivity contribution in [2.75, 3.05) is 7.11 Å². The SMILES string of the molecule is COc1ccc(CCC(=O)NC(c2nc3ccccc3n2C(C)C)C(C)C)cc1. The lowest BCUT2D eigenvalue weighted by molar-refractivity contribution is -0.122. The quantitative estimate of drug-likeness (QED) is 0.581. The van der Waals surface area contributed by atoms with Gasteiger partial charge in [-0.05, 0) is 56.0 Å². The van der Waals surface area contributed by atoms with Crippen LogP contribution in [0.15, 0.2) is 48.5 Å². The van der Waals surface area contributed by atoms with Crippen LogP contribution in [-0.4, -0.2) is 22.6 Å². The maximum absolute atomic E-state index is 12.8. The van der Waals surface area contributed by atoms with Gasteiger partial charge in [0.25, 0.3) is 0 Å². The van der Waals surface area contributed by atoms with Crippen LogP contribution in [0.5, 0.6) is 5.75 Å². The summed E-state index contributed by atoms with van der Waals surface area (Å²) in [6.45, 7) is 8.55. The van der Waals surface area contributed by atoms with Crippen LogP contribution in [0.25, 0.3) is 11.0 Å². The summed E-state index contributed by atoms with van der Waals surface area (Å²) in [5, 5.41) is 3.23. The van der Waals surface area contributed by atoms with E-state index in [0.29, 0.717) is 12.8 Å². The summed E-state index contributed by atoms with van der Waals surface area (Å²) in [7, 11) is 1.65. The highest BCUT2D eigenvalue weighted by Gasteiger charge is 2.25. The molecule has 1 heterocycles. The number of aromatic nitrogens is 2. The van der Waals surface area contributed by atoms with Crippen LogP contribution < -0.4 is 10.1 Å². The monoisotopic (exact) mass is 393 g/mol. The average molecular weight is 394 g/mol. The van der Waals surface area contributed by atoms with Crippen molar-refractivity contribution in [3.05, 3.63) is 59.9 Å². The number of ether oxygens (including phenoxy) is 1. The summed E-state index contributed by atoms with van der Waals surface area (Å²) >= 11 is 0. The average Bonchev–Trinajstić information content (AvgIpc) is 3.10. The standard InChI is InChI=1S/C24H31N3O2/c1-16(2)23(24-25-20-8-6-7-9-21(20)27(24)17(3)4)26-22(28)15-12-18-10-13-19(29-5)14-11-18/h6-11,13-14,16-17,23H,12,15H2,1-5H3,(H,26,28). The molecule has 154 valence electrons. The van der Waals surface area contributed by atoms with Crippen LogP contribution in [0, 0.1) is 5.92 Å². The Morgan fingerprint density at radius 2 is 1.76 bits per heavy atom. The highest BCUT2D eigenvalue weighted by molar-refractivity contribution is 5.78. The van der Waals surface area contributed by atoms with Gasteiger partial charge in [-0.25, -0.2) is 4.98 Å². The Hall–Kier alpha value is -2.82. The van der Waals surface area contributed by atoms with E-state index in [9.17, 15) is 4.79 Å². The predicted molar refractivity (Wildman–Crippen MR) is 117 cm³/mol. The number of nitrogens with one attached hydrogen (secondary N) is 1. The van der Waals surface area contributed by atoms with Crippen molar-refractivity contribution in [1.82, 2.24) is 14.9 Å². The maximum atomic E-state index is 12.8. The predicted octanol–water partition coefficient (Wildman–Crippen LogP) is 5.07. The van der Waals surface area contributed by atoms with E-state index in [2.05, 4.69) is 43.6 Å². The number of hydrogen-bond acceptors (Lipinski definition) is 3. The van der Waals surface area contributed by atoms with Crippen LogP contribution >= 0.6 is 0 Å². The number of fused-ring (bicyclic) bond motifs is 1. The Kier molecular flexibility index (Phi) is 6.57. The molecular formula is C24H31N3O2. The van der Waals surface area contributed by atoms with E-state index in [-0.39, 0.29) is 23.9 Å². The minimum Gasteiger partial charge on any atom is -0.497 e.